The molecule has 0 aliphatic carbocycles. The average molecular weight is 435 g/mol. The third kappa shape index (κ3) is 8.55. The van der Waals surface area contributed by atoms with Gasteiger partial charge in [-0.25, -0.2) is 0 Å². The van der Waals surface area contributed by atoms with Crippen molar-refractivity contribution in [3.8, 4) is 0 Å². The fraction of sp³-hybridized carbons (Fsp3) is 1.00. The monoisotopic (exact) mass is 434 g/mol. The van der Waals surface area contributed by atoms with Gasteiger partial charge in [-0.2, -0.15) is 0 Å². The van der Waals surface area contributed by atoms with Crippen molar-refractivity contribution in [1.82, 2.24) is 0 Å². The van der Waals surface area contributed by atoms with Crippen LogP contribution in [0.3, 0.4) is 0 Å². The first-order chi connectivity index (χ1) is 13.8. The molecule has 1 aliphatic heterocycles. The van der Waals surface area contributed by atoms with E-state index in [2.05, 4.69) is 48.5 Å². The molecule has 0 aromatic carbocycles. The third-order valence-electron chi connectivity index (χ3n) is 4.94. The lowest BCUT2D eigenvalue weighted by Gasteiger charge is -2.43. The molecule has 2 unspecified atom stereocenters. The Kier molecular flexibility index (Phi) is 12.5. The fourth-order valence-electron chi connectivity index (χ4n) is 3.69. The molecule has 1 saturated heterocycles. The van der Waals surface area contributed by atoms with Crippen LogP contribution in [0.1, 0.15) is 93.9 Å². The van der Waals surface area contributed by atoms with Gasteiger partial charge in [0.2, 0.25) is 0 Å². The van der Waals surface area contributed by atoms with Crippen LogP contribution >= 0.6 is 0 Å². The first kappa shape index (κ1) is 27.0. The zero-order valence-electron chi connectivity index (χ0n) is 20.1. The first-order valence-corrected chi connectivity index (χ1v) is 13.8. The lowest BCUT2D eigenvalue weighted by molar-refractivity contribution is -0.436. The Balaban J connectivity index is 3.05. The molecule has 1 heterocycles. The predicted octanol–water partition coefficient (Wildman–Crippen LogP) is 5.67. The molecule has 174 valence electrons. The molecular formula is C22H46O6Si. The van der Waals surface area contributed by atoms with Crippen molar-refractivity contribution < 1.29 is 27.8 Å². The van der Waals surface area contributed by atoms with E-state index in [1.54, 1.807) is 0 Å². The standard InChI is InChI=1S/C22H46O6Si/c1-9-13-17-29(27-18(5)6,28-19(7)8)21(11-3)25-20(10-2)26-22(12-4)23-15-14-16-24-22/h18-21H,9-17H2,1-8H3. The summed E-state index contributed by atoms with van der Waals surface area (Å²) >= 11 is 0. The molecule has 1 aliphatic rings. The quantitative estimate of drug-likeness (QED) is 0.245. The maximum Gasteiger partial charge on any atom is 0.368 e. The van der Waals surface area contributed by atoms with Crippen molar-refractivity contribution in [1.29, 1.82) is 0 Å². The molecule has 0 spiro atoms. The van der Waals surface area contributed by atoms with Crippen LogP contribution in [0.2, 0.25) is 6.04 Å². The molecule has 0 saturated carbocycles. The van der Waals surface area contributed by atoms with E-state index in [1.807, 2.05) is 6.92 Å². The molecule has 6 nitrogen and oxygen atoms in total. The molecule has 0 amide bonds. The number of rotatable bonds is 15. The Hall–Kier alpha value is -0.0231. The molecule has 7 heteroatoms. The summed E-state index contributed by atoms with van der Waals surface area (Å²) in [5, 5.41) is 0. The Morgan fingerprint density at radius 3 is 1.90 bits per heavy atom. The molecule has 1 fully saturated rings. The van der Waals surface area contributed by atoms with E-state index >= 15 is 0 Å². The van der Waals surface area contributed by atoms with Crippen LogP contribution in [0.25, 0.3) is 0 Å². The molecule has 0 aromatic heterocycles. The van der Waals surface area contributed by atoms with E-state index in [0.717, 1.165) is 31.7 Å². The number of ether oxygens (including phenoxy) is 4. The maximum absolute atomic E-state index is 6.57. The largest absolute Gasteiger partial charge is 0.390 e. The molecule has 0 radical (unpaired) electrons. The highest BCUT2D eigenvalue weighted by Crippen LogP contribution is 2.32. The fourth-order valence-corrected chi connectivity index (χ4v) is 8.03. The summed E-state index contributed by atoms with van der Waals surface area (Å²) in [6.45, 7) is 18.0. The van der Waals surface area contributed by atoms with Gasteiger partial charge in [-0.05, 0) is 53.0 Å². The van der Waals surface area contributed by atoms with E-state index in [-0.39, 0.29) is 17.9 Å². The SMILES string of the molecule is CCCC[Si](OC(C)C)(OC(C)C)C(CC)OC(CC)OC1(CC)OCCCO1. The number of unbranched alkanes of at least 4 members (excludes halogenated alkanes) is 1. The molecule has 0 N–H and O–H groups in total. The summed E-state index contributed by atoms with van der Waals surface area (Å²) < 4.78 is 37.7. The van der Waals surface area contributed by atoms with E-state index in [9.17, 15) is 0 Å². The van der Waals surface area contributed by atoms with Gasteiger partial charge in [0.25, 0.3) is 5.97 Å². The highest BCUT2D eigenvalue weighted by Gasteiger charge is 2.49. The molecular weight excluding hydrogens is 388 g/mol. The minimum absolute atomic E-state index is 0.0860. The van der Waals surface area contributed by atoms with Crippen molar-refractivity contribution in [2.75, 3.05) is 13.2 Å². The van der Waals surface area contributed by atoms with E-state index in [0.29, 0.717) is 26.1 Å². The Morgan fingerprint density at radius 1 is 0.897 bits per heavy atom. The van der Waals surface area contributed by atoms with Gasteiger partial charge in [0.1, 0.15) is 5.73 Å². The highest BCUT2D eigenvalue weighted by molar-refractivity contribution is 6.69. The second-order valence-corrected chi connectivity index (χ2v) is 11.6. The van der Waals surface area contributed by atoms with Crippen LogP contribution in [-0.2, 0) is 27.8 Å². The summed E-state index contributed by atoms with van der Waals surface area (Å²) in [6.07, 6.45) is 4.92. The second kappa shape index (κ2) is 13.4. The van der Waals surface area contributed by atoms with Crippen molar-refractivity contribution in [3.63, 3.8) is 0 Å². The summed E-state index contributed by atoms with van der Waals surface area (Å²) in [5.41, 5.74) is -0.124. The van der Waals surface area contributed by atoms with E-state index < -0.39 is 20.8 Å². The van der Waals surface area contributed by atoms with Gasteiger partial charge in [0.15, 0.2) is 6.29 Å². The molecule has 0 aromatic rings. The van der Waals surface area contributed by atoms with Gasteiger partial charge in [-0.15, -0.1) is 0 Å². The van der Waals surface area contributed by atoms with E-state index in [1.165, 1.54) is 0 Å². The smallest absolute Gasteiger partial charge is 0.368 e. The summed E-state index contributed by atoms with van der Waals surface area (Å²) in [5.74, 6) is -1.01. The minimum atomic E-state index is -2.64. The molecule has 0 bridgehead atoms. The Bertz CT molecular complexity index is 416. The van der Waals surface area contributed by atoms with Gasteiger partial charge >= 0.3 is 8.56 Å². The van der Waals surface area contributed by atoms with Gasteiger partial charge in [0.05, 0.1) is 13.2 Å². The predicted molar refractivity (Wildman–Crippen MR) is 118 cm³/mol. The van der Waals surface area contributed by atoms with Crippen LogP contribution in [-0.4, -0.2) is 52.0 Å². The second-order valence-electron chi connectivity index (χ2n) is 8.32. The van der Waals surface area contributed by atoms with Crippen LogP contribution in [0, 0.1) is 0 Å². The average Bonchev–Trinajstić information content (AvgIpc) is 2.69. The van der Waals surface area contributed by atoms with Crippen molar-refractivity contribution in [2.24, 2.45) is 0 Å². The van der Waals surface area contributed by atoms with Crippen LogP contribution in [0.5, 0.6) is 0 Å². The zero-order chi connectivity index (χ0) is 21.9. The van der Waals surface area contributed by atoms with Gasteiger partial charge in [-0.1, -0.05) is 40.5 Å². The number of hydrogen-bond donors (Lipinski definition) is 0. The molecule has 1 rings (SSSR count). The Labute approximate surface area is 180 Å². The van der Waals surface area contributed by atoms with Crippen molar-refractivity contribution in [3.05, 3.63) is 0 Å². The van der Waals surface area contributed by atoms with Crippen molar-refractivity contribution >= 4 is 8.56 Å². The Morgan fingerprint density at radius 2 is 1.48 bits per heavy atom. The first-order valence-electron chi connectivity index (χ1n) is 11.7. The summed E-state index contributed by atoms with van der Waals surface area (Å²) in [6, 6.07) is 0.917. The van der Waals surface area contributed by atoms with Crippen LogP contribution < -0.4 is 0 Å². The normalized spacial score (nSPS) is 19.7. The van der Waals surface area contributed by atoms with Crippen molar-refractivity contribution in [2.45, 2.75) is 130 Å². The molecule has 29 heavy (non-hydrogen) atoms. The molecule has 2 atom stereocenters. The van der Waals surface area contributed by atoms with Gasteiger partial charge in [0, 0.05) is 18.6 Å². The van der Waals surface area contributed by atoms with Crippen LogP contribution in [0.4, 0.5) is 0 Å². The van der Waals surface area contributed by atoms with E-state index in [4.69, 9.17) is 27.8 Å². The topological polar surface area (TPSA) is 55.4 Å². The minimum Gasteiger partial charge on any atom is -0.390 e. The lowest BCUT2D eigenvalue weighted by Crippen LogP contribution is -2.58. The highest BCUT2D eigenvalue weighted by atomic mass is 28.4. The zero-order valence-corrected chi connectivity index (χ0v) is 21.1. The number of hydrogen-bond acceptors (Lipinski definition) is 6. The maximum atomic E-state index is 6.57. The third-order valence-corrected chi connectivity index (χ3v) is 9.25. The van der Waals surface area contributed by atoms with Gasteiger partial charge in [-0.3, -0.25) is 4.74 Å². The van der Waals surface area contributed by atoms with Crippen LogP contribution in [0.15, 0.2) is 0 Å². The van der Waals surface area contributed by atoms with Gasteiger partial charge < -0.3 is 23.1 Å². The summed E-state index contributed by atoms with van der Waals surface area (Å²) in [7, 11) is -2.64. The summed E-state index contributed by atoms with van der Waals surface area (Å²) in [4.78, 5) is 0. The lowest BCUT2D eigenvalue weighted by atomic mass is 10.3.